The number of nitrogens with zero attached hydrogens (tertiary/aromatic N) is 2. The Morgan fingerprint density at radius 1 is 1.43 bits per heavy atom. The number of fused-ring (bicyclic) bond motifs is 1. The first-order chi connectivity index (χ1) is 10.1. The van der Waals surface area contributed by atoms with Gasteiger partial charge < -0.3 is 5.11 Å². The molecule has 0 unspecified atom stereocenters. The van der Waals surface area contributed by atoms with Gasteiger partial charge in [0, 0.05) is 6.20 Å². The van der Waals surface area contributed by atoms with Gasteiger partial charge in [-0.25, -0.2) is 4.98 Å². The first kappa shape index (κ1) is 13.5. The molecule has 0 bridgehead atoms. The summed E-state index contributed by atoms with van der Waals surface area (Å²) in [5.41, 5.74) is 1.45. The lowest BCUT2D eigenvalue weighted by Gasteiger charge is -2.01. The van der Waals surface area contributed by atoms with E-state index < -0.39 is 23.5 Å². The Morgan fingerprint density at radius 2 is 2.24 bits per heavy atom. The number of aliphatic hydroxyl groups is 1. The summed E-state index contributed by atoms with van der Waals surface area (Å²) < 4.78 is 1.53. The Bertz CT molecular complexity index is 809. The van der Waals surface area contributed by atoms with Crippen molar-refractivity contribution in [3.8, 4) is 0 Å². The number of imidazole rings is 1. The summed E-state index contributed by atoms with van der Waals surface area (Å²) in [4.78, 5) is 38.6. The van der Waals surface area contributed by atoms with Crippen molar-refractivity contribution >= 4 is 40.4 Å². The Kier molecular flexibility index (Phi) is 3.32. The smallest absolute Gasteiger partial charge is 0.290 e. The summed E-state index contributed by atoms with van der Waals surface area (Å²) in [5.74, 6) is -0.891. The molecule has 8 heteroatoms. The second-order valence-electron chi connectivity index (χ2n) is 4.27. The molecule has 2 N–H and O–H groups in total. The van der Waals surface area contributed by atoms with Crippen LogP contribution in [-0.4, -0.2) is 38.0 Å². The Labute approximate surface area is 122 Å². The van der Waals surface area contributed by atoms with Gasteiger partial charge in [0.2, 0.25) is 5.78 Å². The molecule has 21 heavy (non-hydrogen) atoms. The normalized spacial score (nSPS) is 16.7. The molecule has 1 aliphatic rings. The van der Waals surface area contributed by atoms with E-state index in [1.807, 2.05) is 0 Å². The predicted octanol–water partition coefficient (Wildman–Crippen LogP) is 0.833. The number of imide groups is 1. The van der Waals surface area contributed by atoms with Crippen LogP contribution in [0.3, 0.4) is 0 Å². The summed E-state index contributed by atoms with van der Waals surface area (Å²) in [6.45, 7) is -0.605. The molecule has 0 atom stereocenters. The molecule has 1 saturated heterocycles. The number of carbonyl (C=O) groups excluding carboxylic acids is 3. The van der Waals surface area contributed by atoms with Crippen LogP contribution in [0.2, 0.25) is 0 Å². The molecule has 0 saturated carbocycles. The van der Waals surface area contributed by atoms with Crippen molar-refractivity contribution in [3.63, 3.8) is 0 Å². The van der Waals surface area contributed by atoms with Crippen LogP contribution >= 0.6 is 11.8 Å². The summed E-state index contributed by atoms with van der Waals surface area (Å²) in [6.07, 6.45) is 4.55. The molecule has 2 aromatic rings. The van der Waals surface area contributed by atoms with Crippen molar-refractivity contribution in [1.29, 1.82) is 0 Å². The third-order valence-corrected chi connectivity index (χ3v) is 3.71. The summed E-state index contributed by atoms with van der Waals surface area (Å²) >= 11 is 0.821. The number of hydrogen-bond donors (Lipinski definition) is 2. The second-order valence-corrected chi connectivity index (χ2v) is 5.28. The number of amides is 2. The lowest BCUT2D eigenvalue weighted by molar-refractivity contribution is -0.115. The lowest BCUT2D eigenvalue weighted by atomic mass is 10.2. The number of Topliss-reactive ketones (excluding diaryl/α,β-unsaturated/α-hetero) is 1. The quantitative estimate of drug-likeness (QED) is 0.643. The van der Waals surface area contributed by atoms with Gasteiger partial charge in [-0.3, -0.25) is 24.1 Å². The second kappa shape index (κ2) is 5.15. The fourth-order valence-corrected chi connectivity index (χ4v) is 2.62. The van der Waals surface area contributed by atoms with Gasteiger partial charge in [0.15, 0.2) is 0 Å². The zero-order valence-electron chi connectivity index (χ0n) is 10.6. The summed E-state index contributed by atoms with van der Waals surface area (Å²) in [7, 11) is 0. The van der Waals surface area contributed by atoms with E-state index >= 15 is 0 Å². The maximum absolute atomic E-state index is 11.6. The highest BCUT2D eigenvalue weighted by atomic mass is 32.2. The van der Waals surface area contributed by atoms with E-state index in [0.29, 0.717) is 11.2 Å². The number of rotatable bonds is 3. The van der Waals surface area contributed by atoms with Gasteiger partial charge in [0.1, 0.15) is 17.9 Å². The van der Waals surface area contributed by atoms with E-state index in [0.717, 1.165) is 11.8 Å². The van der Waals surface area contributed by atoms with E-state index in [-0.39, 0.29) is 10.6 Å². The maximum Gasteiger partial charge on any atom is 0.290 e. The van der Waals surface area contributed by atoms with Crippen molar-refractivity contribution in [3.05, 3.63) is 40.7 Å². The van der Waals surface area contributed by atoms with Crippen molar-refractivity contribution in [1.82, 2.24) is 14.7 Å². The molecule has 2 amide bonds. The highest BCUT2D eigenvalue weighted by molar-refractivity contribution is 8.18. The highest BCUT2D eigenvalue weighted by Gasteiger charge is 2.25. The van der Waals surface area contributed by atoms with Crippen LogP contribution in [0.1, 0.15) is 16.1 Å². The Balaban J connectivity index is 2.05. The van der Waals surface area contributed by atoms with Crippen LogP contribution in [0.5, 0.6) is 0 Å². The van der Waals surface area contributed by atoms with Crippen LogP contribution in [0, 0.1) is 0 Å². The molecule has 106 valence electrons. The van der Waals surface area contributed by atoms with E-state index in [4.69, 9.17) is 5.11 Å². The molecule has 1 fully saturated rings. The third kappa shape index (κ3) is 2.46. The number of carbonyl (C=O) groups is 3. The summed E-state index contributed by atoms with van der Waals surface area (Å²) in [6, 6.07) is 3.40. The van der Waals surface area contributed by atoms with Gasteiger partial charge in [-0.2, -0.15) is 0 Å². The number of hydrogen-bond acceptors (Lipinski definition) is 6. The maximum atomic E-state index is 11.6. The van der Waals surface area contributed by atoms with Crippen molar-refractivity contribution in [2.75, 3.05) is 6.61 Å². The van der Waals surface area contributed by atoms with Gasteiger partial charge in [-0.15, -0.1) is 0 Å². The zero-order valence-corrected chi connectivity index (χ0v) is 11.4. The van der Waals surface area contributed by atoms with Gasteiger partial charge in [0.25, 0.3) is 11.1 Å². The number of nitrogens with one attached hydrogen (secondary N) is 1. The van der Waals surface area contributed by atoms with Crippen LogP contribution in [-0.2, 0) is 4.79 Å². The van der Waals surface area contributed by atoms with Crippen LogP contribution in [0.25, 0.3) is 11.7 Å². The standard InChI is InChI=1S/C13H9N3O4S/c17-6-9(18)8-4-14-11-2-1-7(5-16(8)11)3-10-12(19)15-13(20)21-10/h1-5,17H,6H2,(H,15,19,20). The number of pyridine rings is 1. The average Bonchev–Trinajstić information content (AvgIpc) is 3.01. The molecule has 2 aromatic heterocycles. The highest BCUT2D eigenvalue weighted by Crippen LogP contribution is 2.25. The van der Waals surface area contributed by atoms with Crippen LogP contribution in [0.4, 0.5) is 4.79 Å². The molecule has 0 aliphatic carbocycles. The molecule has 1 aliphatic heterocycles. The fraction of sp³-hybridized carbons (Fsp3) is 0.0769. The molecular weight excluding hydrogens is 294 g/mol. The van der Waals surface area contributed by atoms with Crippen molar-refractivity contribution in [2.24, 2.45) is 0 Å². The number of aromatic nitrogens is 2. The molecule has 0 spiro atoms. The summed E-state index contributed by atoms with van der Waals surface area (Å²) in [5, 5.41) is 10.7. The van der Waals surface area contributed by atoms with Gasteiger partial charge in [0.05, 0.1) is 11.1 Å². The van der Waals surface area contributed by atoms with E-state index in [9.17, 15) is 14.4 Å². The molecule has 0 radical (unpaired) electrons. The van der Waals surface area contributed by atoms with Crippen molar-refractivity contribution in [2.45, 2.75) is 0 Å². The predicted molar refractivity (Wildman–Crippen MR) is 75.7 cm³/mol. The molecule has 3 heterocycles. The first-order valence-corrected chi connectivity index (χ1v) is 6.76. The molecular formula is C13H9N3O4S. The minimum absolute atomic E-state index is 0.257. The minimum atomic E-state index is -0.605. The van der Waals surface area contributed by atoms with Crippen LogP contribution < -0.4 is 5.32 Å². The van der Waals surface area contributed by atoms with Gasteiger partial charge in [-0.05, 0) is 35.5 Å². The minimum Gasteiger partial charge on any atom is -0.388 e. The number of ketones is 1. The van der Waals surface area contributed by atoms with E-state index in [1.165, 1.54) is 10.6 Å². The molecule has 7 nitrogen and oxygen atoms in total. The monoisotopic (exact) mass is 303 g/mol. The van der Waals surface area contributed by atoms with Gasteiger partial charge >= 0.3 is 0 Å². The fourth-order valence-electron chi connectivity index (χ4n) is 1.94. The zero-order chi connectivity index (χ0) is 15.0. The number of thioether (sulfide) groups is 1. The third-order valence-electron chi connectivity index (χ3n) is 2.90. The topological polar surface area (TPSA) is 101 Å². The molecule has 3 rings (SSSR count). The van der Waals surface area contributed by atoms with Crippen LogP contribution in [0.15, 0.2) is 29.4 Å². The van der Waals surface area contributed by atoms with E-state index in [2.05, 4.69) is 10.3 Å². The Hall–Kier alpha value is -2.45. The molecule has 0 aromatic carbocycles. The van der Waals surface area contributed by atoms with Crippen molar-refractivity contribution < 1.29 is 19.5 Å². The SMILES string of the molecule is O=C1NC(=O)C(=Cc2ccc3ncc(C(=O)CO)n3c2)S1. The van der Waals surface area contributed by atoms with Gasteiger partial charge in [-0.1, -0.05) is 0 Å². The average molecular weight is 303 g/mol. The first-order valence-electron chi connectivity index (χ1n) is 5.94. The van der Waals surface area contributed by atoms with E-state index in [1.54, 1.807) is 24.4 Å². The Morgan fingerprint density at radius 3 is 2.90 bits per heavy atom. The largest absolute Gasteiger partial charge is 0.388 e. The number of aliphatic hydroxyl groups excluding tert-OH is 1. The lowest BCUT2D eigenvalue weighted by Crippen LogP contribution is -2.17.